The number of aromatic nitrogens is 1. The Hall–Kier alpha value is -1.87. The van der Waals surface area contributed by atoms with Crippen LogP contribution in [0.15, 0.2) is 48.7 Å². The molecule has 0 spiro atoms. The van der Waals surface area contributed by atoms with Crippen LogP contribution in [0.4, 0.5) is 0 Å². The van der Waals surface area contributed by atoms with Crippen LogP contribution in [-0.4, -0.2) is 16.7 Å². The molecule has 1 atom stereocenters. The second-order valence-electron chi connectivity index (χ2n) is 4.79. The minimum absolute atomic E-state index is 0.186. The maximum absolute atomic E-state index is 9.17. The molecule has 2 aromatic rings. The zero-order valence-electron chi connectivity index (χ0n) is 11.8. The molecule has 106 valence electrons. The summed E-state index contributed by atoms with van der Waals surface area (Å²) in [5.74, 6) is 0.969. The number of aliphatic hydroxyl groups excluding tert-OH is 1. The van der Waals surface area contributed by atoms with Gasteiger partial charge in [-0.1, -0.05) is 43.3 Å². The third-order valence-electron chi connectivity index (χ3n) is 3.43. The van der Waals surface area contributed by atoms with Crippen LogP contribution in [0.25, 0.3) is 0 Å². The predicted molar refractivity (Wildman–Crippen MR) is 79.7 cm³/mol. The molecular weight excluding hydrogens is 250 g/mol. The summed E-state index contributed by atoms with van der Waals surface area (Å²) in [4.78, 5) is 4.34. The van der Waals surface area contributed by atoms with Crippen LogP contribution in [0.5, 0.6) is 5.88 Å². The molecule has 0 aliphatic carbocycles. The molecule has 0 radical (unpaired) electrons. The Bertz CT molecular complexity index is 513. The van der Waals surface area contributed by atoms with Crippen molar-refractivity contribution in [1.82, 2.24) is 4.98 Å². The van der Waals surface area contributed by atoms with E-state index in [4.69, 9.17) is 9.84 Å². The van der Waals surface area contributed by atoms with Crippen molar-refractivity contribution in [2.24, 2.45) is 0 Å². The van der Waals surface area contributed by atoms with Crippen LogP contribution in [-0.2, 0) is 6.61 Å². The topological polar surface area (TPSA) is 42.4 Å². The Morgan fingerprint density at radius 1 is 1.15 bits per heavy atom. The van der Waals surface area contributed by atoms with Crippen LogP contribution in [0.2, 0.25) is 0 Å². The first-order valence-corrected chi connectivity index (χ1v) is 7.07. The monoisotopic (exact) mass is 271 g/mol. The van der Waals surface area contributed by atoms with Crippen molar-refractivity contribution in [2.45, 2.75) is 32.3 Å². The van der Waals surface area contributed by atoms with Crippen molar-refractivity contribution < 1.29 is 9.84 Å². The Balaban J connectivity index is 2.11. The third kappa shape index (κ3) is 3.81. The second-order valence-corrected chi connectivity index (χ2v) is 4.79. The maximum atomic E-state index is 9.17. The average Bonchev–Trinajstić information content (AvgIpc) is 2.52. The van der Waals surface area contributed by atoms with Gasteiger partial charge in [-0.2, -0.15) is 0 Å². The SMILES string of the molecule is CCC(CCO)c1cccnc1OCc1ccccc1. The van der Waals surface area contributed by atoms with Crippen molar-refractivity contribution >= 4 is 0 Å². The number of benzene rings is 1. The average molecular weight is 271 g/mol. The number of ether oxygens (including phenoxy) is 1. The van der Waals surface area contributed by atoms with E-state index in [2.05, 4.69) is 11.9 Å². The summed E-state index contributed by atoms with van der Waals surface area (Å²) in [6.07, 6.45) is 3.45. The smallest absolute Gasteiger partial charge is 0.217 e. The Morgan fingerprint density at radius 2 is 1.95 bits per heavy atom. The lowest BCUT2D eigenvalue weighted by Crippen LogP contribution is -2.06. The van der Waals surface area contributed by atoms with Crippen molar-refractivity contribution in [3.05, 3.63) is 59.8 Å². The number of hydrogen-bond acceptors (Lipinski definition) is 3. The zero-order chi connectivity index (χ0) is 14.2. The zero-order valence-corrected chi connectivity index (χ0v) is 11.8. The highest BCUT2D eigenvalue weighted by Gasteiger charge is 2.15. The number of aliphatic hydroxyl groups is 1. The molecule has 0 saturated carbocycles. The fraction of sp³-hybridized carbons (Fsp3) is 0.353. The van der Waals surface area contributed by atoms with Gasteiger partial charge in [0, 0.05) is 18.4 Å². The Morgan fingerprint density at radius 3 is 2.65 bits per heavy atom. The van der Waals surface area contributed by atoms with Crippen molar-refractivity contribution in [3.8, 4) is 5.88 Å². The first-order valence-electron chi connectivity index (χ1n) is 7.07. The highest BCUT2D eigenvalue weighted by Crippen LogP contribution is 2.29. The van der Waals surface area contributed by atoms with Gasteiger partial charge in [-0.05, 0) is 30.4 Å². The lowest BCUT2D eigenvalue weighted by molar-refractivity contribution is 0.264. The molecule has 3 nitrogen and oxygen atoms in total. The van der Waals surface area contributed by atoms with E-state index in [1.807, 2.05) is 42.5 Å². The summed E-state index contributed by atoms with van der Waals surface area (Å²) in [5.41, 5.74) is 2.21. The molecule has 0 saturated heterocycles. The van der Waals surface area contributed by atoms with Gasteiger partial charge in [0.05, 0.1) is 0 Å². The Labute approximate surface area is 120 Å². The fourth-order valence-corrected chi connectivity index (χ4v) is 2.30. The van der Waals surface area contributed by atoms with E-state index in [9.17, 15) is 0 Å². The largest absolute Gasteiger partial charge is 0.473 e. The molecule has 3 heteroatoms. The normalized spacial score (nSPS) is 12.1. The maximum Gasteiger partial charge on any atom is 0.217 e. The van der Waals surface area contributed by atoms with Crippen molar-refractivity contribution in [2.75, 3.05) is 6.61 Å². The van der Waals surface area contributed by atoms with E-state index in [1.165, 1.54) is 0 Å². The molecule has 1 N–H and O–H groups in total. The van der Waals surface area contributed by atoms with Crippen LogP contribution >= 0.6 is 0 Å². The molecule has 1 aromatic carbocycles. The standard InChI is InChI=1S/C17H21NO2/c1-2-15(10-12-19)16-9-6-11-18-17(16)20-13-14-7-4-3-5-8-14/h3-9,11,15,19H,2,10,12-13H2,1H3. The second kappa shape index (κ2) is 7.65. The van der Waals surface area contributed by atoms with Crippen LogP contribution in [0.3, 0.4) is 0 Å². The summed E-state index contributed by atoms with van der Waals surface area (Å²) < 4.78 is 5.86. The lowest BCUT2D eigenvalue weighted by atomic mass is 9.94. The lowest BCUT2D eigenvalue weighted by Gasteiger charge is -2.17. The van der Waals surface area contributed by atoms with Gasteiger partial charge in [0.2, 0.25) is 5.88 Å². The first kappa shape index (κ1) is 14.5. The van der Waals surface area contributed by atoms with E-state index in [-0.39, 0.29) is 6.61 Å². The van der Waals surface area contributed by atoms with E-state index in [1.54, 1.807) is 6.20 Å². The summed E-state index contributed by atoms with van der Waals surface area (Å²) in [7, 11) is 0. The molecule has 1 heterocycles. The molecule has 0 amide bonds. The molecule has 0 aliphatic heterocycles. The molecule has 20 heavy (non-hydrogen) atoms. The van der Waals surface area contributed by atoms with Gasteiger partial charge in [0.25, 0.3) is 0 Å². The molecule has 1 aromatic heterocycles. The fourth-order valence-electron chi connectivity index (χ4n) is 2.30. The summed E-state index contributed by atoms with van der Waals surface area (Å²) in [5, 5.41) is 9.17. The van der Waals surface area contributed by atoms with E-state index >= 15 is 0 Å². The van der Waals surface area contributed by atoms with Crippen molar-refractivity contribution in [1.29, 1.82) is 0 Å². The third-order valence-corrected chi connectivity index (χ3v) is 3.43. The molecule has 0 bridgehead atoms. The number of pyridine rings is 1. The van der Waals surface area contributed by atoms with Gasteiger partial charge in [0.1, 0.15) is 6.61 Å². The van der Waals surface area contributed by atoms with Gasteiger partial charge in [-0.25, -0.2) is 4.98 Å². The number of rotatable bonds is 7. The highest BCUT2D eigenvalue weighted by molar-refractivity contribution is 5.29. The van der Waals surface area contributed by atoms with E-state index < -0.39 is 0 Å². The van der Waals surface area contributed by atoms with Gasteiger partial charge < -0.3 is 9.84 Å². The molecule has 1 unspecified atom stereocenters. The molecular formula is C17H21NO2. The predicted octanol–water partition coefficient (Wildman–Crippen LogP) is 3.54. The molecule has 0 aliphatic rings. The van der Waals surface area contributed by atoms with Gasteiger partial charge in [-0.3, -0.25) is 0 Å². The number of hydrogen-bond donors (Lipinski definition) is 1. The minimum Gasteiger partial charge on any atom is -0.473 e. The van der Waals surface area contributed by atoms with Crippen LogP contribution in [0, 0.1) is 0 Å². The first-order chi connectivity index (χ1) is 9.85. The van der Waals surface area contributed by atoms with E-state index in [0.717, 1.165) is 24.0 Å². The minimum atomic E-state index is 0.186. The molecule has 2 rings (SSSR count). The van der Waals surface area contributed by atoms with Gasteiger partial charge in [-0.15, -0.1) is 0 Å². The van der Waals surface area contributed by atoms with Crippen molar-refractivity contribution in [3.63, 3.8) is 0 Å². The number of nitrogens with zero attached hydrogens (tertiary/aromatic N) is 1. The van der Waals surface area contributed by atoms with Crippen LogP contribution < -0.4 is 4.74 Å². The highest BCUT2D eigenvalue weighted by atomic mass is 16.5. The van der Waals surface area contributed by atoms with Gasteiger partial charge in [0.15, 0.2) is 0 Å². The summed E-state index contributed by atoms with van der Waals surface area (Å²) in [6.45, 7) is 2.82. The quantitative estimate of drug-likeness (QED) is 0.837. The van der Waals surface area contributed by atoms with Gasteiger partial charge >= 0.3 is 0 Å². The summed E-state index contributed by atoms with van der Waals surface area (Å²) >= 11 is 0. The van der Waals surface area contributed by atoms with Crippen LogP contribution in [0.1, 0.15) is 36.8 Å². The Kier molecular flexibility index (Phi) is 5.56. The summed E-state index contributed by atoms with van der Waals surface area (Å²) in [6, 6.07) is 14.0. The van der Waals surface area contributed by atoms with E-state index in [0.29, 0.717) is 18.4 Å². The molecule has 0 fully saturated rings.